The first-order chi connectivity index (χ1) is 15.6. The van der Waals surface area contributed by atoms with Crippen LogP contribution in [-0.2, 0) is 11.3 Å². The Hall–Kier alpha value is -3.58. The van der Waals surface area contributed by atoms with Gasteiger partial charge >= 0.3 is 6.03 Å². The average molecular weight is 433 g/mol. The molecule has 2 amide bonds. The van der Waals surface area contributed by atoms with Gasteiger partial charge in [0.15, 0.2) is 5.75 Å². The number of amides is 2. The van der Waals surface area contributed by atoms with Crippen LogP contribution in [0.2, 0.25) is 0 Å². The Morgan fingerprint density at radius 2 is 2.06 bits per heavy atom. The number of benzene rings is 2. The number of para-hydroxylation sites is 2. The molecule has 2 aromatic carbocycles. The molecule has 2 N–H and O–H groups in total. The predicted molar refractivity (Wildman–Crippen MR) is 125 cm³/mol. The van der Waals surface area contributed by atoms with Crippen molar-refractivity contribution in [3.8, 4) is 11.5 Å². The zero-order chi connectivity index (χ0) is 22.3. The Morgan fingerprint density at radius 1 is 1.19 bits per heavy atom. The van der Waals surface area contributed by atoms with Gasteiger partial charge in [-0.3, -0.25) is 0 Å². The van der Waals surface area contributed by atoms with Crippen LogP contribution in [0.25, 0.3) is 0 Å². The molecule has 4 rings (SSSR count). The number of pyridine rings is 1. The van der Waals surface area contributed by atoms with Gasteiger partial charge in [-0.15, -0.1) is 0 Å². The summed E-state index contributed by atoms with van der Waals surface area (Å²) in [5, 5.41) is 5.74. The molecular formula is C25H28N4O3. The molecule has 32 heavy (non-hydrogen) atoms. The molecule has 0 radical (unpaired) electrons. The van der Waals surface area contributed by atoms with Gasteiger partial charge in [0.25, 0.3) is 0 Å². The van der Waals surface area contributed by atoms with Crippen LogP contribution in [0.15, 0.2) is 66.9 Å². The lowest BCUT2D eigenvalue weighted by atomic mass is 10.2. The molecule has 1 aliphatic heterocycles. The maximum absolute atomic E-state index is 12.5. The maximum atomic E-state index is 12.5. The third-order valence-electron chi connectivity index (χ3n) is 5.18. The quantitative estimate of drug-likeness (QED) is 0.589. The molecule has 2 heterocycles. The number of nitrogens with one attached hydrogen (secondary N) is 2. The number of aromatic nitrogens is 1. The third kappa shape index (κ3) is 5.76. The van der Waals surface area contributed by atoms with Gasteiger partial charge in [0.05, 0.1) is 18.4 Å². The summed E-state index contributed by atoms with van der Waals surface area (Å²) in [5.74, 6) is 2.23. The van der Waals surface area contributed by atoms with Crippen molar-refractivity contribution in [2.24, 2.45) is 0 Å². The van der Waals surface area contributed by atoms with Crippen molar-refractivity contribution < 1.29 is 14.3 Å². The highest BCUT2D eigenvalue weighted by atomic mass is 16.5. The molecule has 1 aromatic heterocycles. The van der Waals surface area contributed by atoms with Crippen LogP contribution < -0.4 is 20.3 Å². The number of carbonyl (C=O) groups excluding carboxylic acids is 1. The minimum atomic E-state index is -0.309. The summed E-state index contributed by atoms with van der Waals surface area (Å²) < 4.78 is 11.5. The van der Waals surface area contributed by atoms with E-state index in [-0.39, 0.29) is 12.1 Å². The van der Waals surface area contributed by atoms with E-state index in [0.29, 0.717) is 24.6 Å². The van der Waals surface area contributed by atoms with Crippen molar-refractivity contribution in [2.75, 3.05) is 29.9 Å². The average Bonchev–Trinajstić information content (AvgIpc) is 2.79. The van der Waals surface area contributed by atoms with E-state index in [2.05, 4.69) is 27.4 Å². The van der Waals surface area contributed by atoms with E-state index in [1.807, 2.05) is 67.6 Å². The molecule has 1 fully saturated rings. The lowest BCUT2D eigenvalue weighted by Crippen LogP contribution is -2.41. The highest BCUT2D eigenvalue weighted by Gasteiger charge is 2.17. The molecule has 0 bridgehead atoms. The molecule has 7 nitrogen and oxygen atoms in total. The summed E-state index contributed by atoms with van der Waals surface area (Å²) in [5.41, 5.74) is 2.63. The fourth-order valence-corrected chi connectivity index (χ4v) is 3.55. The number of rotatable bonds is 6. The lowest BCUT2D eigenvalue weighted by Gasteiger charge is -2.32. The number of carbonyl (C=O) groups is 1. The summed E-state index contributed by atoms with van der Waals surface area (Å²) in [6.07, 6.45) is 2.00. The van der Waals surface area contributed by atoms with E-state index in [0.717, 1.165) is 35.8 Å². The summed E-state index contributed by atoms with van der Waals surface area (Å²) in [7, 11) is 0. The van der Waals surface area contributed by atoms with Crippen molar-refractivity contribution in [1.29, 1.82) is 0 Å². The van der Waals surface area contributed by atoms with Gasteiger partial charge < -0.3 is 25.0 Å². The van der Waals surface area contributed by atoms with Gasteiger partial charge in [-0.2, -0.15) is 0 Å². The Balaban J connectivity index is 1.32. The fourth-order valence-electron chi connectivity index (χ4n) is 3.55. The van der Waals surface area contributed by atoms with E-state index < -0.39 is 0 Å². The lowest BCUT2D eigenvalue weighted by molar-refractivity contribution is 0.0529. The van der Waals surface area contributed by atoms with E-state index >= 15 is 0 Å². The molecule has 1 aliphatic rings. The van der Waals surface area contributed by atoms with Crippen LogP contribution in [0, 0.1) is 6.92 Å². The molecule has 166 valence electrons. The first-order valence-corrected chi connectivity index (χ1v) is 10.8. The van der Waals surface area contributed by atoms with Gasteiger partial charge in [0.2, 0.25) is 0 Å². The number of hydrogen-bond acceptors (Lipinski definition) is 5. The molecule has 0 spiro atoms. The van der Waals surface area contributed by atoms with Gasteiger partial charge in [-0.05, 0) is 55.3 Å². The van der Waals surface area contributed by atoms with Gasteiger partial charge in [0.1, 0.15) is 11.6 Å². The minimum absolute atomic E-state index is 0.202. The molecule has 1 saturated heterocycles. The molecule has 1 unspecified atom stereocenters. The normalized spacial score (nSPS) is 15.8. The maximum Gasteiger partial charge on any atom is 0.319 e. The first-order valence-electron chi connectivity index (χ1n) is 10.8. The number of urea groups is 1. The smallest absolute Gasteiger partial charge is 0.319 e. The Morgan fingerprint density at radius 3 is 2.84 bits per heavy atom. The van der Waals surface area contributed by atoms with E-state index in [9.17, 15) is 4.79 Å². The van der Waals surface area contributed by atoms with Gasteiger partial charge in [-0.1, -0.05) is 30.3 Å². The van der Waals surface area contributed by atoms with E-state index in [1.54, 1.807) is 6.20 Å². The van der Waals surface area contributed by atoms with Crippen LogP contribution in [-0.4, -0.2) is 36.8 Å². The molecule has 0 aliphatic carbocycles. The standard InChI is InChI=1S/C25H28N4O3/c1-18-6-5-7-21(14-18)32-23-9-4-3-8-22(23)28-25(30)27-16-20-10-11-24(26-15-20)29-12-13-31-19(2)17-29/h3-11,14-15,19H,12-13,16-17H2,1-2H3,(H2,27,28,30). The van der Waals surface area contributed by atoms with Crippen LogP contribution in [0.4, 0.5) is 16.3 Å². The summed E-state index contributed by atoms with van der Waals surface area (Å²) in [6, 6.07) is 18.8. The first kappa shape index (κ1) is 21.6. The number of morpholine rings is 1. The monoisotopic (exact) mass is 432 g/mol. The minimum Gasteiger partial charge on any atom is -0.455 e. The van der Waals surface area contributed by atoms with Crippen molar-refractivity contribution in [3.63, 3.8) is 0 Å². The summed E-state index contributed by atoms with van der Waals surface area (Å²) in [4.78, 5) is 19.2. The highest BCUT2D eigenvalue weighted by molar-refractivity contribution is 5.90. The second-order valence-electron chi connectivity index (χ2n) is 7.87. The Kier molecular flexibility index (Phi) is 6.87. The van der Waals surface area contributed by atoms with E-state index in [4.69, 9.17) is 9.47 Å². The Bertz CT molecular complexity index is 1060. The number of anilines is 2. The van der Waals surface area contributed by atoms with Crippen LogP contribution >= 0.6 is 0 Å². The summed E-state index contributed by atoms with van der Waals surface area (Å²) in [6.45, 7) is 6.82. The number of aryl methyl sites for hydroxylation is 1. The summed E-state index contributed by atoms with van der Waals surface area (Å²) >= 11 is 0. The van der Waals surface area contributed by atoms with Crippen molar-refractivity contribution >= 4 is 17.5 Å². The van der Waals surface area contributed by atoms with Crippen molar-refractivity contribution in [3.05, 3.63) is 78.0 Å². The zero-order valence-electron chi connectivity index (χ0n) is 18.4. The SMILES string of the molecule is Cc1cccc(Oc2ccccc2NC(=O)NCc2ccc(N3CCOC(C)C3)nc2)c1. The largest absolute Gasteiger partial charge is 0.455 e. The third-order valence-corrected chi connectivity index (χ3v) is 5.18. The molecule has 3 aromatic rings. The van der Waals surface area contributed by atoms with Crippen LogP contribution in [0.3, 0.4) is 0 Å². The van der Waals surface area contributed by atoms with Crippen molar-refractivity contribution in [2.45, 2.75) is 26.5 Å². The van der Waals surface area contributed by atoms with Crippen molar-refractivity contribution in [1.82, 2.24) is 10.3 Å². The molecule has 7 heteroatoms. The second kappa shape index (κ2) is 10.2. The molecular weight excluding hydrogens is 404 g/mol. The Labute approximate surface area is 188 Å². The highest BCUT2D eigenvalue weighted by Crippen LogP contribution is 2.29. The van der Waals surface area contributed by atoms with Crippen LogP contribution in [0.5, 0.6) is 11.5 Å². The second-order valence-corrected chi connectivity index (χ2v) is 7.87. The fraction of sp³-hybridized carbons (Fsp3) is 0.280. The van der Waals surface area contributed by atoms with E-state index in [1.165, 1.54) is 0 Å². The number of nitrogens with zero attached hydrogens (tertiary/aromatic N) is 2. The number of ether oxygens (including phenoxy) is 2. The van der Waals surface area contributed by atoms with Gasteiger partial charge in [0, 0.05) is 25.8 Å². The molecule has 0 saturated carbocycles. The predicted octanol–water partition coefficient (Wildman–Crippen LogP) is 4.73. The van der Waals surface area contributed by atoms with Gasteiger partial charge in [-0.25, -0.2) is 9.78 Å². The number of hydrogen-bond donors (Lipinski definition) is 2. The molecule has 1 atom stereocenters. The van der Waals surface area contributed by atoms with Crippen LogP contribution in [0.1, 0.15) is 18.1 Å². The zero-order valence-corrected chi connectivity index (χ0v) is 18.4. The topological polar surface area (TPSA) is 75.7 Å².